The van der Waals surface area contributed by atoms with Crippen molar-refractivity contribution in [1.82, 2.24) is 15.8 Å². The van der Waals surface area contributed by atoms with Gasteiger partial charge in [-0.3, -0.25) is 29.3 Å². The van der Waals surface area contributed by atoms with Crippen molar-refractivity contribution in [3.8, 4) is 0 Å². The van der Waals surface area contributed by atoms with Gasteiger partial charge in [0.05, 0.1) is 21.7 Å². The van der Waals surface area contributed by atoms with E-state index in [1.807, 2.05) is 48.5 Å². The number of hydrogen-bond acceptors (Lipinski definition) is 8. The second kappa shape index (κ2) is 16.5. The molecule has 0 aliphatic rings. The van der Waals surface area contributed by atoms with Gasteiger partial charge in [0.2, 0.25) is 11.8 Å². The largest absolute Gasteiger partial charge is 0.361 e. The van der Waals surface area contributed by atoms with Crippen LogP contribution in [0, 0.1) is 28.9 Å². The number of rotatable bonds is 15. The quantitative estimate of drug-likeness (QED) is 0.110. The van der Waals surface area contributed by atoms with Gasteiger partial charge in [-0.2, -0.15) is 0 Å². The minimum absolute atomic E-state index is 0.0346. The van der Waals surface area contributed by atoms with Gasteiger partial charge in [-0.15, -0.1) is 0 Å². The van der Waals surface area contributed by atoms with E-state index in [-0.39, 0.29) is 53.1 Å². The van der Waals surface area contributed by atoms with E-state index in [1.165, 1.54) is 18.2 Å². The van der Waals surface area contributed by atoms with E-state index >= 15 is 0 Å². The van der Waals surface area contributed by atoms with Crippen LogP contribution in [0.25, 0.3) is 0 Å². The molecule has 1 heterocycles. The Morgan fingerprint density at radius 1 is 0.875 bits per heavy atom. The van der Waals surface area contributed by atoms with Crippen LogP contribution in [0.2, 0.25) is 5.02 Å². The number of amides is 3. The number of benzene rings is 3. The van der Waals surface area contributed by atoms with E-state index in [2.05, 4.69) is 21.1 Å². The number of nitro groups is 1. The van der Waals surface area contributed by atoms with Gasteiger partial charge in [0, 0.05) is 37.0 Å². The molecule has 0 spiro atoms. The molecule has 4 aromatic rings. The van der Waals surface area contributed by atoms with Crippen molar-refractivity contribution >= 4 is 46.5 Å². The third-order valence-corrected chi connectivity index (χ3v) is 7.95. The summed E-state index contributed by atoms with van der Waals surface area (Å²) in [5, 5.41) is 23.1. The van der Waals surface area contributed by atoms with Crippen molar-refractivity contribution in [2.24, 2.45) is 11.8 Å². The summed E-state index contributed by atoms with van der Waals surface area (Å²) in [7, 11) is 0. The Balaban J connectivity index is 1.58. The summed E-state index contributed by atoms with van der Waals surface area (Å²) in [6.07, 6.45) is 0.0693. The predicted molar refractivity (Wildman–Crippen MR) is 179 cm³/mol. The average molecular weight is 674 g/mol. The summed E-state index contributed by atoms with van der Waals surface area (Å²) in [6, 6.07) is 21.3. The fraction of sp³-hybridized carbons (Fsp3) is 0.286. The number of nitrogens with zero attached hydrogens (tertiary/aromatic N) is 2. The highest BCUT2D eigenvalue weighted by atomic mass is 35.5. The Morgan fingerprint density at radius 2 is 1.50 bits per heavy atom. The molecule has 0 saturated heterocycles. The number of carbonyl (C=O) groups excluding carboxylic acids is 4. The van der Waals surface area contributed by atoms with Crippen molar-refractivity contribution in [3.05, 3.63) is 123 Å². The van der Waals surface area contributed by atoms with Crippen molar-refractivity contribution in [2.75, 3.05) is 5.32 Å². The number of ketones is 1. The Bertz CT molecular complexity index is 1760. The fourth-order valence-corrected chi connectivity index (χ4v) is 5.34. The fourth-order valence-electron chi connectivity index (χ4n) is 5.12. The van der Waals surface area contributed by atoms with E-state index in [4.69, 9.17) is 16.1 Å². The number of aromatic nitrogens is 1. The Morgan fingerprint density at radius 3 is 2.04 bits per heavy atom. The first-order chi connectivity index (χ1) is 22.9. The van der Waals surface area contributed by atoms with Gasteiger partial charge in [0.1, 0.15) is 11.8 Å². The van der Waals surface area contributed by atoms with Crippen molar-refractivity contribution in [3.63, 3.8) is 0 Å². The molecule has 3 amide bonds. The second-order valence-corrected chi connectivity index (χ2v) is 12.1. The molecule has 0 aliphatic carbocycles. The Hall–Kier alpha value is -5.36. The van der Waals surface area contributed by atoms with Crippen LogP contribution >= 0.6 is 11.6 Å². The number of hydrogen-bond donors (Lipinski definition) is 3. The molecule has 0 bridgehead atoms. The van der Waals surface area contributed by atoms with Gasteiger partial charge in [0.25, 0.3) is 11.6 Å². The molecular weight excluding hydrogens is 638 g/mol. The van der Waals surface area contributed by atoms with Gasteiger partial charge >= 0.3 is 0 Å². The van der Waals surface area contributed by atoms with Gasteiger partial charge in [-0.05, 0) is 36.5 Å². The molecule has 4 rings (SSSR count). The van der Waals surface area contributed by atoms with Crippen LogP contribution in [0.5, 0.6) is 0 Å². The zero-order valence-electron chi connectivity index (χ0n) is 26.6. The van der Waals surface area contributed by atoms with E-state index in [1.54, 1.807) is 32.9 Å². The Kier molecular flexibility index (Phi) is 12.2. The van der Waals surface area contributed by atoms with Gasteiger partial charge in [0.15, 0.2) is 11.5 Å². The van der Waals surface area contributed by atoms with Crippen LogP contribution in [-0.2, 0) is 27.2 Å². The zero-order valence-corrected chi connectivity index (χ0v) is 27.4. The van der Waals surface area contributed by atoms with Crippen molar-refractivity contribution < 1.29 is 28.6 Å². The number of nitrogens with one attached hydrogen (secondary N) is 3. The number of nitro benzene ring substituents is 1. The van der Waals surface area contributed by atoms with Gasteiger partial charge in [-0.1, -0.05) is 91.3 Å². The highest BCUT2D eigenvalue weighted by molar-refractivity contribution is 6.34. The molecular formula is C35H36ClN5O7. The number of Topliss-reactive ketones (excluding diaryl/α,β-unsaturated/α-hetero) is 1. The van der Waals surface area contributed by atoms with Crippen LogP contribution in [-0.4, -0.2) is 45.7 Å². The maximum absolute atomic E-state index is 14.0. The normalized spacial score (nSPS) is 12.9. The lowest BCUT2D eigenvalue weighted by Gasteiger charge is -2.25. The number of anilines is 1. The third kappa shape index (κ3) is 9.82. The first-order valence-electron chi connectivity index (χ1n) is 15.3. The van der Waals surface area contributed by atoms with Gasteiger partial charge < -0.3 is 20.5 Å². The number of aryl methyl sites for hydroxylation is 1. The average Bonchev–Trinajstić information content (AvgIpc) is 3.50. The maximum atomic E-state index is 14.0. The standard InChI is InChI=1S/C35H36ClN5O7/c1-21(2)32(39-35(45)30-16-22(3)48-40-30)31(42)19-25(17-23-10-6-4-7-11-23)33(43)38-29(18-24-12-8-5-9-13-24)34(44)37-28-15-14-26(41(46)47)20-27(28)36/h4-16,20-21,25,29,32H,17-19H2,1-3H3,(H,37,44)(H,38,43)(H,39,45)/t25-,29+,32+/m1/s1. The van der Waals surface area contributed by atoms with Crippen LogP contribution < -0.4 is 16.0 Å². The number of halogens is 1. The number of non-ortho nitro benzene ring substituents is 1. The monoisotopic (exact) mass is 673 g/mol. The molecule has 0 fully saturated rings. The third-order valence-electron chi connectivity index (χ3n) is 7.64. The summed E-state index contributed by atoms with van der Waals surface area (Å²) in [6.45, 7) is 5.22. The number of carbonyl (C=O) groups is 4. The molecule has 12 nitrogen and oxygen atoms in total. The molecule has 250 valence electrons. The van der Waals surface area contributed by atoms with Crippen molar-refractivity contribution in [2.45, 2.75) is 52.1 Å². The Labute approximate surface area is 282 Å². The molecule has 3 atom stereocenters. The molecule has 3 N–H and O–H groups in total. The molecule has 3 aromatic carbocycles. The molecule has 0 radical (unpaired) electrons. The topological polar surface area (TPSA) is 174 Å². The molecule has 0 unspecified atom stereocenters. The molecule has 0 saturated carbocycles. The molecule has 1 aromatic heterocycles. The summed E-state index contributed by atoms with van der Waals surface area (Å²) in [5.74, 6) is -2.86. The smallest absolute Gasteiger partial charge is 0.274 e. The predicted octanol–water partition coefficient (Wildman–Crippen LogP) is 5.48. The van der Waals surface area contributed by atoms with E-state index < -0.39 is 40.6 Å². The zero-order chi connectivity index (χ0) is 34.8. The first kappa shape index (κ1) is 35.5. The SMILES string of the molecule is Cc1cc(C(=O)N[C@H](C(=O)C[C@@H](Cc2ccccc2)C(=O)N[C@@H](Cc2ccccc2)C(=O)Nc2ccc([N+](=O)[O-])cc2Cl)C(C)C)no1. The van der Waals surface area contributed by atoms with Crippen LogP contribution in [0.4, 0.5) is 11.4 Å². The van der Waals surface area contributed by atoms with E-state index in [0.29, 0.717) is 5.76 Å². The lowest BCUT2D eigenvalue weighted by Crippen LogP contribution is -2.49. The lowest BCUT2D eigenvalue weighted by atomic mass is 9.88. The minimum atomic E-state index is -1.10. The summed E-state index contributed by atoms with van der Waals surface area (Å²) in [4.78, 5) is 64.8. The highest BCUT2D eigenvalue weighted by Gasteiger charge is 2.32. The maximum Gasteiger partial charge on any atom is 0.274 e. The van der Waals surface area contributed by atoms with Crippen molar-refractivity contribution in [1.29, 1.82) is 0 Å². The highest BCUT2D eigenvalue weighted by Crippen LogP contribution is 2.27. The van der Waals surface area contributed by atoms with Crippen LogP contribution in [0.3, 0.4) is 0 Å². The van der Waals surface area contributed by atoms with Crippen LogP contribution in [0.1, 0.15) is 47.6 Å². The molecule has 48 heavy (non-hydrogen) atoms. The van der Waals surface area contributed by atoms with Crippen LogP contribution in [0.15, 0.2) is 89.5 Å². The minimum Gasteiger partial charge on any atom is -0.361 e. The lowest BCUT2D eigenvalue weighted by molar-refractivity contribution is -0.384. The molecule has 13 heteroatoms. The van der Waals surface area contributed by atoms with E-state index in [9.17, 15) is 29.3 Å². The second-order valence-electron chi connectivity index (χ2n) is 11.7. The summed E-state index contributed by atoms with van der Waals surface area (Å²) < 4.78 is 4.99. The van der Waals surface area contributed by atoms with Gasteiger partial charge in [-0.25, -0.2) is 0 Å². The van der Waals surface area contributed by atoms with E-state index in [0.717, 1.165) is 17.2 Å². The molecule has 0 aliphatic heterocycles. The first-order valence-corrected chi connectivity index (χ1v) is 15.7. The summed E-state index contributed by atoms with van der Waals surface area (Å²) >= 11 is 6.23. The summed E-state index contributed by atoms with van der Waals surface area (Å²) in [5.41, 5.74) is 1.48.